The lowest BCUT2D eigenvalue weighted by Crippen LogP contribution is -2.29. The smallest absolute Gasteiger partial charge is 0.270 e. The first kappa shape index (κ1) is 21.6. The molecule has 1 atom stereocenters. The number of imidazole rings is 1. The van der Waals surface area contributed by atoms with Gasteiger partial charge in [-0.3, -0.25) is 9.78 Å². The molecule has 1 unspecified atom stereocenters. The maximum atomic E-state index is 12.6. The van der Waals surface area contributed by atoms with Crippen LogP contribution in [0, 0.1) is 0 Å². The molecule has 4 aromatic rings. The maximum Gasteiger partial charge on any atom is 0.270 e. The third-order valence-corrected chi connectivity index (χ3v) is 5.43. The third kappa shape index (κ3) is 4.64. The Morgan fingerprint density at radius 3 is 2.53 bits per heavy atom. The molecule has 0 saturated carbocycles. The summed E-state index contributed by atoms with van der Waals surface area (Å²) in [6.07, 6.45) is 1.61. The van der Waals surface area contributed by atoms with E-state index in [2.05, 4.69) is 34.8 Å². The van der Waals surface area contributed by atoms with E-state index in [1.807, 2.05) is 49.4 Å². The number of fused-ring (bicyclic) bond motifs is 1. The lowest BCUT2D eigenvalue weighted by molar-refractivity contribution is 0.0932. The summed E-state index contributed by atoms with van der Waals surface area (Å²) < 4.78 is 8.28. The number of hydrogen-bond acceptors (Lipinski definition) is 4. The fourth-order valence-electron chi connectivity index (χ4n) is 3.83. The summed E-state index contributed by atoms with van der Waals surface area (Å²) in [5, 5.41) is 3.02. The van der Waals surface area contributed by atoms with Crippen molar-refractivity contribution < 1.29 is 9.53 Å². The van der Waals surface area contributed by atoms with Crippen molar-refractivity contribution in [2.45, 2.75) is 39.3 Å². The van der Waals surface area contributed by atoms with E-state index in [4.69, 9.17) is 9.72 Å². The van der Waals surface area contributed by atoms with Gasteiger partial charge in [0, 0.05) is 6.20 Å². The Morgan fingerprint density at radius 1 is 1.00 bits per heavy atom. The molecule has 1 N–H and O–H groups in total. The highest BCUT2D eigenvalue weighted by molar-refractivity contribution is 5.92. The van der Waals surface area contributed by atoms with Crippen LogP contribution >= 0.6 is 0 Å². The topological polar surface area (TPSA) is 69.0 Å². The number of carbonyl (C=O) groups excluding carboxylic acids is 1. The molecule has 2 aromatic carbocycles. The average Bonchev–Trinajstić information content (AvgIpc) is 3.18. The van der Waals surface area contributed by atoms with Crippen LogP contribution in [-0.2, 0) is 6.54 Å². The van der Waals surface area contributed by atoms with E-state index in [0.717, 1.165) is 22.6 Å². The van der Waals surface area contributed by atoms with Gasteiger partial charge < -0.3 is 14.6 Å². The van der Waals surface area contributed by atoms with Gasteiger partial charge in [-0.2, -0.15) is 0 Å². The Morgan fingerprint density at radius 2 is 1.75 bits per heavy atom. The minimum atomic E-state index is -0.292. The van der Waals surface area contributed by atoms with Crippen LogP contribution in [0.3, 0.4) is 0 Å². The van der Waals surface area contributed by atoms with E-state index in [-0.39, 0.29) is 11.9 Å². The van der Waals surface area contributed by atoms with Crippen LogP contribution in [0.5, 0.6) is 5.75 Å². The number of pyridine rings is 1. The summed E-state index contributed by atoms with van der Waals surface area (Å²) in [6.45, 7) is 7.38. The Labute approximate surface area is 188 Å². The maximum absolute atomic E-state index is 12.6. The van der Waals surface area contributed by atoms with Crippen molar-refractivity contribution in [1.29, 1.82) is 0 Å². The molecular formula is C26H28N4O2. The van der Waals surface area contributed by atoms with E-state index in [1.165, 1.54) is 5.56 Å². The number of ether oxygens (including phenoxy) is 1. The van der Waals surface area contributed by atoms with Crippen molar-refractivity contribution in [3.8, 4) is 5.75 Å². The Balaban J connectivity index is 1.55. The van der Waals surface area contributed by atoms with Crippen molar-refractivity contribution in [3.63, 3.8) is 0 Å². The molecule has 0 radical (unpaired) electrons. The zero-order valence-electron chi connectivity index (χ0n) is 18.7. The molecule has 164 valence electrons. The van der Waals surface area contributed by atoms with E-state index >= 15 is 0 Å². The predicted octanol–water partition coefficient (Wildman–Crippen LogP) is 5.12. The van der Waals surface area contributed by atoms with Crippen molar-refractivity contribution in [2.24, 2.45) is 0 Å². The van der Waals surface area contributed by atoms with Crippen LogP contribution in [0.1, 0.15) is 54.6 Å². The summed E-state index contributed by atoms with van der Waals surface area (Å²) in [5.41, 5.74) is 3.49. The minimum absolute atomic E-state index is 0.223. The van der Waals surface area contributed by atoms with Gasteiger partial charge >= 0.3 is 0 Å². The zero-order valence-corrected chi connectivity index (χ0v) is 18.7. The molecule has 0 aliphatic heterocycles. The molecule has 0 aliphatic rings. The number of amides is 1. The van der Waals surface area contributed by atoms with Gasteiger partial charge in [0.1, 0.15) is 23.9 Å². The Kier molecular flexibility index (Phi) is 6.50. The highest BCUT2D eigenvalue weighted by Crippen LogP contribution is 2.26. The number of benzene rings is 2. The molecule has 2 aromatic heterocycles. The summed E-state index contributed by atoms with van der Waals surface area (Å²) in [4.78, 5) is 21.6. The molecule has 0 spiro atoms. The molecule has 0 aliphatic carbocycles. The van der Waals surface area contributed by atoms with Crippen LogP contribution in [0.2, 0.25) is 0 Å². The molecule has 6 heteroatoms. The minimum Gasteiger partial charge on any atom is -0.491 e. The van der Waals surface area contributed by atoms with Crippen molar-refractivity contribution in [3.05, 3.63) is 90.0 Å². The monoisotopic (exact) mass is 428 g/mol. The highest BCUT2D eigenvalue weighted by Gasteiger charge is 2.19. The van der Waals surface area contributed by atoms with Crippen LogP contribution in [0.25, 0.3) is 11.0 Å². The van der Waals surface area contributed by atoms with E-state index in [9.17, 15) is 4.79 Å². The van der Waals surface area contributed by atoms with Crippen LogP contribution in [0.15, 0.2) is 72.9 Å². The van der Waals surface area contributed by atoms with Gasteiger partial charge in [-0.05, 0) is 48.7 Å². The van der Waals surface area contributed by atoms with Gasteiger partial charge in [0.15, 0.2) is 0 Å². The van der Waals surface area contributed by atoms with Crippen molar-refractivity contribution in [2.75, 3.05) is 6.61 Å². The number of carbonyl (C=O) groups is 1. The molecule has 2 heterocycles. The number of rotatable bonds is 8. The van der Waals surface area contributed by atoms with Gasteiger partial charge in [0.25, 0.3) is 5.91 Å². The molecule has 1 amide bonds. The standard InChI is InChI=1S/C26H28N4O2/c1-18(2)20-10-4-7-14-24(20)32-17-16-30-23-13-6-5-11-21(23)29-25(30)19(3)28-26(31)22-12-8-9-15-27-22/h4-15,18-19H,16-17H2,1-3H3,(H,28,31). The number of nitrogens with zero attached hydrogens (tertiary/aromatic N) is 3. The van der Waals surface area contributed by atoms with E-state index in [1.54, 1.807) is 24.4 Å². The normalized spacial score (nSPS) is 12.1. The van der Waals surface area contributed by atoms with E-state index in [0.29, 0.717) is 24.8 Å². The fourth-order valence-corrected chi connectivity index (χ4v) is 3.83. The van der Waals surface area contributed by atoms with Gasteiger partial charge in [-0.25, -0.2) is 4.98 Å². The lowest BCUT2D eigenvalue weighted by atomic mass is 10.0. The van der Waals surface area contributed by atoms with Gasteiger partial charge in [-0.1, -0.05) is 50.2 Å². The van der Waals surface area contributed by atoms with E-state index < -0.39 is 0 Å². The van der Waals surface area contributed by atoms with Gasteiger partial charge in [0.05, 0.1) is 23.6 Å². The molecule has 4 rings (SSSR count). The summed E-state index contributed by atoms with van der Waals surface area (Å²) in [7, 11) is 0. The van der Waals surface area contributed by atoms with Crippen LogP contribution in [0.4, 0.5) is 0 Å². The SMILES string of the molecule is CC(C)c1ccccc1OCCn1c(C(C)NC(=O)c2ccccn2)nc2ccccc21. The molecular weight excluding hydrogens is 400 g/mol. The van der Waals surface area contributed by atoms with Gasteiger partial charge in [0.2, 0.25) is 0 Å². The van der Waals surface area contributed by atoms with Crippen LogP contribution in [-0.4, -0.2) is 27.0 Å². The second-order valence-corrected chi connectivity index (χ2v) is 8.06. The molecule has 6 nitrogen and oxygen atoms in total. The Bertz CT molecular complexity index is 1200. The predicted molar refractivity (Wildman–Crippen MR) is 126 cm³/mol. The fraction of sp³-hybridized carbons (Fsp3) is 0.269. The molecule has 0 fully saturated rings. The first-order valence-electron chi connectivity index (χ1n) is 10.9. The third-order valence-electron chi connectivity index (χ3n) is 5.43. The van der Waals surface area contributed by atoms with Gasteiger partial charge in [-0.15, -0.1) is 0 Å². The summed E-state index contributed by atoms with van der Waals surface area (Å²) in [6, 6.07) is 21.1. The average molecular weight is 429 g/mol. The largest absolute Gasteiger partial charge is 0.491 e. The van der Waals surface area contributed by atoms with Crippen molar-refractivity contribution >= 4 is 16.9 Å². The first-order valence-corrected chi connectivity index (χ1v) is 10.9. The molecule has 0 saturated heterocycles. The second kappa shape index (κ2) is 9.64. The number of aromatic nitrogens is 3. The first-order chi connectivity index (χ1) is 15.5. The quantitative estimate of drug-likeness (QED) is 0.423. The lowest BCUT2D eigenvalue weighted by Gasteiger charge is -2.18. The van der Waals surface area contributed by atoms with Crippen LogP contribution < -0.4 is 10.1 Å². The molecule has 0 bridgehead atoms. The van der Waals surface area contributed by atoms with Crippen molar-refractivity contribution in [1.82, 2.24) is 19.9 Å². The zero-order chi connectivity index (χ0) is 22.5. The summed E-state index contributed by atoms with van der Waals surface area (Å²) >= 11 is 0. The number of hydrogen-bond donors (Lipinski definition) is 1. The number of nitrogens with one attached hydrogen (secondary N) is 1. The second-order valence-electron chi connectivity index (χ2n) is 8.06. The molecule has 32 heavy (non-hydrogen) atoms. The summed E-state index contributed by atoms with van der Waals surface area (Å²) in [5.74, 6) is 1.86. The Hall–Kier alpha value is -3.67. The number of para-hydroxylation sites is 3. The highest BCUT2D eigenvalue weighted by atomic mass is 16.5.